The predicted octanol–water partition coefficient (Wildman–Crippen LogP) is 3.02. The van der Waals surface area contributed by atoms with Gasteiger partial charge in [0.1, 0.15) is 0 Å². The lowest BCUT2D eigenvalue weighted by atomic mass is 9.90. The van der Waals surface area contributed by atoms with Crippen molar-refractivity contribution in [3.8, 4) is 0 Å². The van der Waals surface area contributed by atoms with Crippen LogP contribution in [0.15, 0.2) is 24.3 Å². The molecule has 3 nitrogen and oxygen atoms in total. The molecule has 0 spiro atoms. The largest absolute Gasteiger partial charge is 0.333 e. The van der Waals surface area contributed by atoms with Crippen molar-refractivity contribution in [1.29, 1.82) is 0 Å². The predicted molar refractivity (Wildman–Crippen MR) is 81.4 cm³/mol. The van der Waals surface area contributed by atoms with Crippen LogP contribution in [0.3, 0.4) is 0 Å². The number of benzene rings is 1. The van der Waals surface area contributed by atoms with E-state index in [-0.39, 0.29) is 12.3 Å². The molecule has 1 aromatic rings. The molecule has 3 rings (SSSR count). The van der Waals surface area contributed by atoms with E-state index in [0.717, 1.165) is 31.5 Å². The molecule has 1 amide bonds. The van der Waals surface area contributed by atoms with Gasteiger partial charge in [-0.15, -0.1) is 0 Å². The van der Waals surface area contributed by atoms with E-state index in [1.54, 1.807) is 6.07 Å². The van der Waals surface area contributed by atoms with Crippen LogP contribution >= 0.6 is 0 Å². The summed E-state index contributed by atoms with van der Waals surface area (Å²) in [5.41, 5.74) is 1.66. The summed E-state index contributed by atoms with van der Waals surface area (Å²) in [4.78, 5) is 13.8. The van der Waals surface area contributed by atoms with Crippen molar-refractivity contribution < 1.29 is 13.6 Å². The normalized spacial score (nSPS) is 25.0. The van der Waals surface area contributed by atoms with Crippen molar-refractivity contribution in [2.24, 2.45) is 0 Å². The van der Waals surface area contributed by atoms with Crippen molar-refractivity contribution >= 4 is 5.91 Å². The molecule has 0 saturated carbocycles. The van der Waals surface area contributed by atoms with Gasteiger partial charge in [0.05, 0.1) is 6.54 Å². The number of amides is 1. The molecule has 5 heteroatoms. The summed E-state index contributed by atoms with van der Waals surface area (Å²) in [6.07, 6.45) is 2.48. The van der Waals surface area contributed by atoms with Crippen LogP contribution in [0.2, 0.25) is 0 Å². The fourth-order valence-electron chi connectivity index (χ4n) is 3.38. The van der Waals surface area contributed by atoms with Crippen LogP contribution < -0.4 is 5.32 Å². The Labute approximate surface area is 129 Å². The van der Waals surface area contributed by atoms with Gasteiger partial charge in [-0.2, -0.15) is 0 Å². The molecule has 22 heavy (non-hydrogen) atoms. The Morgan fingerprint density at radius 2 is 2.18 bits per heavy atom. The van der Waals surface area contributed by atoms with Crippen LogP contribution in [0, 0.1) is 0 Å². The van der Waals surface area contributed by atoms with Crippen LogP contribution in [-0.4, -0.2) is 42.9 Å². The van der Waals surface area contributed by atoms with Gasteiger partial charge >= 0.3 is 0 Å². The zero-order chi connectivity index (χ0) is 15.6. The summed E-state index contributed by atoms with van der Waals surface area (Å²) in [6, 6.07) is 7.50. The van der Waals surface area contributed by atoms with Crippen molar-refractivity contribution in [2.45, 2.75) is 37.5 Å². The van der Waals surface area contributed by atoms with Crippen molar-refractivity contribution in [3.63, 3.8) is 0 Å². The number of halogens is 2. The van der Waals surface area contributed by atoms with Gasteiger partial charge in [0.25, 0.3) is 11.8 Å². The van der Waals surface area contributed by atoms with E-state index in [2.05, 4.69) is 5.32 Å². The number of nitrogens with one attached hydrogen (secondary N) is 1. The molecule has 120 valence electrons. The highest BCUT2D eigenvalue weighted by atomic mass is 19.3. The van der Waals surface area contributed by atoms with Gasteiger partial charge in [-0.25, -0.2) is 8.78 Å². The van der Waals surface area contributed by atoms with E-state index in [0.29, 0.717) is 24.4 Å². The molecule has 1 unspecified atom stereocenters. The maximum absolute atomic E-state index is 13.5. The third-order valence-corrected chi connectivity index (χ3v) is 4.58. The Kier molecular flexibility index (Phi) is 4.43. The van der Waals surface area contributed by atoms with E-state index in [1.165, 1.54) is 4.90 Å². The maximum atomic E-state index is 13.5. The number of carbonyl (C=O) groups is 1. The highest BCUT2D eigenvalue weighted by Crippen LogP contribution is 2.28. The third-order valence-electron chi connectivity index (χ3n) is 4.58. The Morgan fingerprint density at radius 3 is 2.91 bits per heavy atom. The Hall–Kier alpha value is -1.49. The van der Waals surface area contributed by atoms with E-state index >= 15 is 0 Å². The third kappa shape index (κ3) is 3.46. The molecular weight excluding hydrogens is 286 g/mol. The van der Waals surface area contributed by atoms with Crippen molar-refractivity contribution in [2.75, 3.05) is 26.2 Å². The molecular formula is C17H22F2N2O. The first-order valence-corrected chi connectivity index (χ1v) is 8.03. The summed E-state index contributed by atoms with van der Waals surface area (Å²) in [5, 5.41) is 3.36. The summed E-state index contributed by atoms with van der Waals surface area (Å²) in [7, 11) is 0. The Bertz CT molecular complexity index is 541. The smallest absolute Gasteiger partial charge is 0.265 e. The lowest BCUT2D eigenvalue weighted by molar-refractivity contribution is -0.0560. The average molecular weight is 308 g/mol. The zero-order valence-electron chi connectivity index (χ0n) is 12.7. The van der Waals surface area contributed by atoms with Gasteiger partial charge in [0, 0.05) is 25.1 Å². The monoisotopic (exact) mass is 308 g/mol. The number of alkyl halides is 2. The minimum absolute atomic E-state index is 0.120. The maximum Gasteiger partial charge on any atom is 0.265 e. The molecule has 1 atom stereocenters. The summed E-state index contributed by atoms with van der Waals surface area (Å²) in [5.74, 6) is -2.62. The highest BCUT2D eigenvalue weighted by Gasteiger charge is 2.37. The first-order chi connectivity index (χ1) is 10.6. The van der Waals surface area contributed by atoms with E-state index in [4.69, 9.17) is 0 Å². The molecule has 0 aromatic heterocycles. The average Bonchev–Trinajstić information content (AvgIpc) is 2.54. The molecule has 2 fully saturated rings. The number of likely N-dealkylation sites (tertiary alicyclic amines) is 1. The van der Waals surface area contributed by atoms with Crippen LogP contribution in [0.25, 0.3) is 0 Å². The van der Waals surface area contributed by atoms with Gasteiger partial charge in [-0.3, -0.25) is 4.79 Å². The minimum atomic E-state index is -2.75. The lowest BCUT2D eigenvalue weighted by Gasteiger charge is -2.32. The van der Waals surface area contributed by atoms with Gasteiger partial charge < -0.3 is 10.2 Å². The molecule has 0 bridgehead atoms. The first-order valence-electron chi connectivity index (χ1n) is 8.03. The van der Waals surface area contributed by atoms with Crippen LogP contribution in [0.5, 0.6) is 0 Å². The minimum Gasteiger partial charge on any atom is -0.333 e. The molecule has 2 heterocycles. The quantitative estimate of drug-likeness (QED) is 0.911. The van der Waals surface area contributed by atoms with E-state index < -0.39 is 12.5 Å². The number of rotatable bonds is 2. The standard InChI is InChI=1S/C17H22F2N2O/c18-17(19)7-3-9-21(12-17)16(22)14-5-1-4-13(10-14)15-6-2-8-20-11-15/h1,4-5,10,15,20H,2-3,6-9,11-12H2. The Balaban J connectivity index is 1.75. The van der Waals surface area contributed by atoms with E-state index in [1.807, 2.05) is 18.2 Å². The molecule has 0 aliphatic carbocycles. The lowest BCUT2D eigenvalue weighted by Crippen LogP contribution is -2.45. The second-order valence-corrected chi connectivity index (χ2v) is 6.35. The Morgan fingerprint density at radius 1 is 1.32 bits per heavy atom. The number of nitrogens with zero attached hydrogens (tertiary/aromatic N) is 1. The molecule has 1 aromatic carbocycles. The zero-order valence-corrected chi connectivity index (χ0v) is 12.7. The number of piperidine rings is 2. The van der Waals surface area contributed by atoms with Crippen LogP contribution in [0.1, 0.15) is 47.5 Å². The number of carbonyl (C=O) groups excluding carboxylic acids is 1. The highest BCUT2D eigenvalue weighted by molar-refractivity contribution is 5.94. The molecule has 2 saturated heterocycles. The summed E-state index contributed by atoms with van der Waals surface area (Å²) >= 11 is 0. The SMILES string of the molecule is O=C(c1cccc(C2CCCNC2)c1)N1CCCC(F)(F)C1. The van der Waals surface area contributed by atoms with Gasteiger partial charge in [0.2, 0.25) is 0 Å². The summed E-state index contributed by atoms with van der Waals surface area (Å²) < 4.78 is 27.0. The second kappa shape index (κ2) is 6.32. The summed E-state index contributed by atoms with van der Waals surface area (Å²) in [6.45, 7) is 1.92. The fourth-order valence-corrected chi connectivity index (χ4v) is 3.38. The van der Waals surface area contributed by atoms with E-state index in [9.17, 15) is 13.6 Å². The van der Waals surface area contributed by atoms with Crippen LogP contribution in [0.4, 0.5) is 8.78 Å². The number of hydrogen-bond donors (Lipinski definition) is 1. The van der Waals surface area contributed by atoms with Crippen LogP contribution in [-0.2, 0) is 0 Å². The van der Waals surface area contributed by atoms with Gasteiger partial charge in [-0.1, -0.05) is 12.1 Å². The van der Waals surface area contributed by atoms with Gasteiger partial charge in [0.15, 0.2) is 0 Å². The first kappa shape index (κ1) is 15.4. The molecule has 2 aliphatic rings. The molecule has 1 N–H and O–H groups in total. The molecule has 0 radical (unpaired) electrons. The topological polar surface area (TPSA) is 32.3 Å². The van der Waals surface area contributed by atoms with Crippen molar-refractivity contribution in [3.05, 3.63) is 35.4 Å². The fraction of sp³-hybridized carbons (Fsp3) is 0.588. The second-order valence-electron chi connectivity index (χ2n) is 6.35. The molecule has 2 aliphatic heterocycles. The van der Waals surface area contributed by atoms with Gasteiger partial charge in [-0.05, 0) is 49.4 Å². The van der Waals surface area contributed by atoms with Crippen molar-refractivity contribution in [1.82, 2.24) is 10.2 Å². The number of hydrogen-bond acceptors (Lipinski definition) is 2.